The zero-order chi connectivity index (χ0) is 20.3. The zero-order valence-electron chi connectivity index (χ0n) is 16.1. The van der Waals surface area contributed by atoms with Crippen molar-refractivity contribution < 1.29 is 9.18 Å². The van der Waals surface area contributed by atoms with Crippen molar-refractivity contribution in [2.45, 2.75) is 33.2 Å². The Bertz CT molecular complexity index is 1020. The predicted molar refractivity (Wildman–Crippen MR) is 108 cm³/mol. The van der Waals surface area contributed by atoms with Crippen LogP contribution in [0.1, 0.15) is 36.8 Å². The first kappa shape index (κ1) is 19.5. The van der Waals surface area contributed by atoms with Crippen molar-refractivity contribution in [2.24, 2.45) is 0 Å². The van der Waals surface area contributed by atoms with Crippen LogP contribution >= 0.6 is 0 Å². The number of hydrogen-bond donors (Lipinski definition) is 0. The molecule has 28 heavy (non-hydrogen) atoms. The number of aryl methyl sites for hydroxylation is 1. The van der Waals surface area contributed by atoms with Gasteiger partial charge in [0, 0.05) is 24.0 Å². The lowest BCUT2D eigenvalue weighted by molar-refractivity contribution is 0.0972. The van der Waals surface area contributed by atoms with Gasteiger partial charge in [0.05, 0.1) is 5.69 Å². The van der Waals surface area contributed by atoms with Crippen molar-refractivity contribution in [1.29, 1.82) is 0 Å². The average Bonchev–Trinajstić information content (AvgIpc) is 2.69. The van der Waals surface area contributed by atoms with Crippen LogP contribution in [0, 0.1) is 5.82 Å². The van der Waals surface area contributed by atoms with Crippen LogP contribution in [0.5, 0.6) is 0 Å². The minimum absolute atomic E-state index is 0.166. The van der Waals surface area contributed by atoms with E-state index in [2.05, 4.69) is 12.0 Å². The van der Waals surface area contributed by atoms with E-state index in [1.165, 1.54) is 41.2 Å². The van der Waals surface area contributed by atoms with E-state index in [9.17, 15) is 14.0 Å². The molecule has 0 radical (unpaired) electrons. The summed E-state index contributed by atoms with van der Waals surface area (Å²) in [5.74, 6) is -0.844. The van der Waals surface area contributed by atoms with Gasteiger partial charge in [0.2, 0.25) is 5.43 Å². The number of carbonyl (C=O) groups is 1. The number of amides is 1. The second-order valence-electron chi connectivity index (χ2n) is 6.74. The highest BCUT2D eigenvalue weighted by molar-refractivity contribution is 6.05. The van der Waals surface area contributed by atoms with Crippen LogP contribution in [0.2, 0.25) is 0 Å². The van der Waals surface area contributed by atoms with Crippen LogP contribution in [0.4, 0.5) is 10.1 Å². The molecule has 0 saturated carbocycles. The van der Waals surface area contributed by atoms with Gasteiger partial charge in [0.1, 0.15) is 5.82 Å². The normalized spacial score (nSPS) is 10.9. The summed E-state index contributed by atoms with van der Waals surface area (Å²) in [4.78, 5) is 27.1. The molecule has 1 amide bonds. The number of carbonyl (C=O) groups excluding carboxylic acids is 1. The minimum Gasteiger partial charge on any atom is -0.304 e. The van der Waals surface area contributed by atoms with E-state index < -0.39 is 11.3 Å². The Morgan fingerprint density at radius 2 is 1.71 bits per heavy atom. The van der Waals surface area contributed by atoms with Crippen molar-refractivity contribution in [2.75, 3.05) is 4.90 Å². The highest BCUT2D eigenvalue weighted by Crippen LogP contribution is 2.20. The molecular formula is C22H22FN3O2. The molecule has 0 unspecified atom stereocenters. The van der Waals surface area contributed by atoms with Gasteiger partial charge in [0.25, 0.3) is 5.91 Å². The van der Waals surface area contributed by atoms with E-state index in [-0.39, 0.29) is 17.6 Å². The third-order valence-corrected chi connectivity index (χ3v) is 4.46. The molecule has 0 aliphatic rings. The summed E-state index contributed by atoms with van der Waals surface area (Å²) in [6.07, 6.45) is 2.36. The zero-order valence-corrected chi connectivity index (χ0v) is 16.1. The van der Waals surface area contributed by atoms with Crippen molar-refractivity contribution in [3.63, 3.8) is 0 Å². The van der Waals surface area contributed by atoms with Crippen molar-refractivity contribution >= 4 is 11.6 Å². The molecule has 0 aliphatic heterocycles. The fourth-order valence-corrected chi connectivity index (χ4v) is 2.95. The summed E-state index contributed by atoms with van der Waals surface area (Å²) in [5, 5.41) is 4.23. The summed E-state index contributed by atoms with van der Waals surface area (Å²) in [6, 6.07) is 14.5. The maximum Gasteiger partial charge on any atom is 0.283 e. The predicted octanol–water partition coefficient (Wildman–Crippen LogP) is 3.99. The number of aromatic nitrogens is 2. The fraction of sp³-hybridized carbons (Fsp3) is 0.227. The molecule has 1 aromatic heterocycles. The lowest BCUT2D eigenvalue weighted by Gasteiger charge is -2.26. The van der Waals surface area contributed by atoms with Gasteiger partial charge in [-0.2, -0.15) is 5.10 Å². The number of nitrogens with zero attached hydrogens (tertiary/aromatic N) is 3. The van der Waals surface area contributed by atoms with Gasteiger partial charge in [-0.1, -0.05) is 19.1 Å². The first-order valence-corrected chi connectivity index (χ1v) is 9.19. The molecule has 0 saturated heterocycles. The molecule has 144 valence electrons. The smallest absolute Gasteiger partial charge is 0.283 e. The van der Waals surface area contributed by atoms with E-state index in [0.29, 0.717) is 11.4 Å². The van der Waals surface area contributed by atoms with Gasteiger partial charge in [-0.05, 0) is 62.2 Å². The summed E-state index contributed by atoms with van der Waals surface area (Å²) < 4.78 is 14.6. The number of rotatable bonds is 5. The van der Waals surface area contributed by atoms with Gasteiger partial charge in [0.15, 0.2) is 5.69 Å². The summed E-state index contributed by atoms with van der Waals surface area (Å²) >= 11 is 0. The van der Waals surface area contributed by atoms with Crippen LogP contribution in [-0.2, 0) is 6.42 Å². The van der Waals surface area contributed by atoms with Crippen molar-refractivity contribution in [1.82, 2.24) is 9.78 Å². The molecule has 0 fully saturated rings. The van der Waals surface area contributed by atoms with Gasteiger partial charge >= 0.3 is 0 Å². The summed E-state index contributed by atoms with van der Waals surface area (Å²) in [5.41, 5.74) is 1.78. The first-order chi connectivity index (χ1) is 13.4. The third-order valence-electron chi connectivity index (χ3n) is 4.46. The van der Waals surface area contributed by atoms with Crippen LogP contribution in [0.15, 0.2) is 65.6 Å². The maximum absolute atomic E-state index is 13.2. The second-order valence-corrected chi connectivity index (χ2v) is 6.74. The molecule has 3 aromatic rings. The lowest BCUT2D eigenvalue weighted by atomic mass is 10.1. The second kappa shape index (κ2) is 8.17. The molecule has 6 heteroatoms. The lowest BCUT2D eigenvalue weighted by Crippen LogP contribution is -2.40. The van der Waals surface area contributed by atoms with E-state index >= 15 is 0 Å². The molecule has 0 atom stereocenters. The molecular weight excluding hydrogens is 357 g/mol. The molecule has 0 spiro atoms. The van der Waals surface area contributed by atoms with E-state index in [1.54, 1.807) is 4.90 Å². The number of hydrogen-bond acceptors (Lipinski definition) is 3. The SMILES string of the molecule is CCc1ccc(N(C(=O)c2nn(-c3ccc(F)cc3)ccc2=O)C(C)C)cc1. The summed E-state index contributed by atoms with van der Waals surface area (Å²) in [7, 11) is 0. The molecule has 0 bridgehead atoms. The Kier molecular flexibility index (Phi) is 5.68. The maximum atomic E-state index is 13.2. The third kappa shape index (κ3) is 4.01. The molecule has 1 heterocycles. The molecule has 3 rings (SSSR count). The minimum atomic E-state index is -0.472. The van der Waals surface area contributed by atoms with Crippen molar-refractivity contribution in [3.8, 4) is 5.69 Å². The fourth-order valence-electron chi connectivity index (χ4n) is 2.95. The number of anilines is 1. The number of halogens is 1. The Hall–Kier alpha value is -3.28. The van der Waals surface area contributed by atoms with Crippen LogP contribution in [0.3, 0.4) is 0 Å². The van der Waals surface area contributed by atoms with E-state index in [1.807, 2.05) is 38.1 Å². The van der Waals surface area contributed by atoms with Gasteiger partial charge in [-0.25, -0.2) is 9.07 Å². The van der Waals surface area contributed by atoms with Crippen LogP contribution in [0.25, 0.3) is 5.69 Å². The van der Waals surface area contributed by atoms with E-state index in [4.69, 9.17) is 0 Å². The van der Waals surface area contributed by atoms with Gasteiger partial charge < -0.3 is 4.90 Å². The topological polar surface area (TPSA) is 55.2 Å². The van der Waals surface area contributed by atoms with Gasteiger partial charge in [-0.3, -0.25) is 9.59 Å². The van der Waals surface area contributed by atoms with Gasteiger partial charge in [-0.15, -0.1) is 0 Å². The number of benzene rings is 2. The summed E-state index contributed by atoms with van der Waals surface area (Å²) in [6.45, 7) is 5.83. The quantitative estimate of drug-likeness (QED) is 0.674. The average molecular weight is 379 g/mol. The molecule has 5 nitrogen and oxygen atoms in total. The van der Waals surface area contributed by atoms with Crippen LogP contribution < -0.4 is 10.3 Å². The Labute approximate surface area is 163 Å². The molecule has 0 N–H and O–H groups in total. The first-order valence-electron chi connectivity index (χ1n) is 9.19. The Morgan fingerprint density at radius 3 is 2.29 bits per heavy atom. The highest BCUT2D eigenvalue weighted by atomic mass is 19.1. The Morgan fingerprint density at radius 1 is 1.07 bits per heavy atom. The Balaban J connectivity index is 2.02. The standard InChI is InChI=1S/C22H22FN3O2/c1-4-16-5-9-19(10-6-16)26(15(2)3)22(28)21-20(27)13-14-25(24-21)18-11-7-17(23)8-12-18/h5-15H,4H2,1-3H3. The molecule has 0 aliphatic carbocycles. The molecule has 2 aromatic carbocycles. The van der Waals surface area contributed by atoms with Crippen molar-refractivity contribution in [3.05, 3.63) is 88.1 Å². The monoisotopic (exact) mass is 379 g/mol. The highest BCUT2D eigenvalue weighted by Gasteiger charge is 2.24. The largest absolute Gasteiger partial charge is 0.304 e. The van der Waals surface area contributed by atoms with Crippen LogP contribution in [-0.4, -0.2) is 21.7 Å². The van der Waals surface area contributed by atoms with E-state index in [0.717, 1.165) is 12.0 Å².